The molecule has 1 N–H and O–H groups in total. The molecule has 1 aliphatic carbocycles. The fourth-order valence-corrected chi connectivity index (χ4v) is 3.55. The molecule has 2 nitrogen and oxygen atoms in total. The Morgan fingerprint density at radius 2 is 1.88 bits per heavy atom. The summed E-state index contributed by atoms with van der Waals surface area (Å²) in [5, 5.41) is 10.3. The molecule has 0 bridgehead atoms. The largest absolute Gasteiger partial charge is 0.395 e. The van der Waals surface area contributed by atoms with E-state index in [4.69, 9.17) is 0 Å². The average molecular weight is 306 g/mol. The third-order valence-electron chi connectivity index (χ3n) is 3.99. The van der Waals surface area contributed by atoms with Crippen LogP contribution in [0.25, 0.3) is 0 Å². The molecule has 0 spiro atoms. The van der Waals surface area contributed by atoms with Crippen molar-refractivity contribution in [3.8, 4) is 0 Å². The van der Waals surface area contributed by atoms with Crippen LogP contribution in [-0.4, -0.2) is 41.1 Å². The predicted molar refractivity (Wildman–Crippen MR) is 77.7 cm³/mol. The minimum Gasteiger partial charge on any atom is -0.395 e. The van der Waals surface area contributed by atoms with E-state index >= 15 is 0 Å². The van der Waals surface area contributed by atoms with Gasteiger partial charge < -0.3 is 5.11 Å². The molecule has 3 heteroatoms. The highest BCUT2D eigenvalue weighted by Crippen LogP contribution is 2.23. The predicted octanol–water partition coefficient (Wildman–Crippen LogP) is 3.42. The van der Waals surface area contributed by atoms with Crippen LogP contribution in [0.2, 0.25) is 0 Å². The maximum absolute atomic E-state index is 9.19. The number of nitrogens with zero attached hydrogens (tertiary/aromatic N) is 1. The first-order chi connectivity index (χ1) is 8.27. The summed E-state index contributed by atoms with van der Waals surface area (Å²) in [7, 11) is 0. The van der Waals surface area contributed by atoms with Gasteiger partial charge in [-0.05, 0) is 38.1 Å². The van der Waals surface area contributed by atoms with Gasteiger partial charge in [-0.25, -0.2) is 0 Å². The van der Waals surface area contributed by atoms with Crippen molar-refractivity contribution in [3.63, 3.8) is 0 Å². The maximum atomic E-state index is 9.19. The number of hydrogen-bond donors (Lipinski definition) is 1. The number of hydrogen-bond acceptors (Lipinski definition) is 2. The molecule has 1 saturated carbocycles. The standard InChI is InChI=1S/C14H28BrNO/c1-13(7-9-15)8-10-16(11-12-17)14-5-3-2-4-6-14/h13-14,17H,2-12H2,1H3. The summed E-state index contributed by atoms with van der Waals surface area (Å²) < 4.78 is 0. The van der Waals surface area contributed by atoms with Gasteiger partial charge in [-0.3, -0.25) is 4.90 Å². The van der Waals surface area contributed by atoms with Crippen molar-refractivity contribution in [2.45, 2.75) is 57.9 Å². The fraction of sp³-hybridized carbons (Fsp3) is 1.00. The number of aliphatic hydroxyl groups excluding tert-OH is 1. The Morgan fingerprint density at radius 1 is 1.18 bits per heavy atom. The van der Waals surface area contributed by atoms with Gasteiger partial charge in [-0.2, -0.15) is 0 Å². The molecule has 1 aliphatic rings. The molecule has 0 aliphatic heterocycles. The van der Waals surface area contributed by atoms with Crippen molar-refractivity contribution >= 4 is 15.9 Å². The first kappa shape index (κ1) is 15.5. The monoisotopic (exact) mass is 305 g/mol. The normalized spacial score (nSPS) is 19.8. The zero-order valence-corrected chi connectivity index (χ0v) is 12.8. The van der Waals surface area contributed by atoms with Gasteiger partial charge in [0.25, 0.3) is 0 Å². The lowest BCUT2D eigenvalue weighted by atomic mass is 9.93. The van der Waals surface area contributed by atoms with E-state index in [1.165, 1.54) is 51.5 Å². The van der Waals surface area contributed by atoms with Crippen LogP contribution in [0.5, 0.6) is 0 Å². The lowest BCUT2D eigenvalue weighted by molar-refractivity contribution is 0.117. The van der Waals surface area contributed by atoms with Crippen molar-refractivity contribution in [1.82, 2.24) is 4.90 Å². The molecule has 1 unspecified atom stereocenters. The quantitative estimate of drug-likeness (QED) is 0.695. The molecular formula is C14H28BrNO. The SMILES string of the molecule is CC(CCBr)CCN(CCO)C1CCCCC1. The summed E-state index contributed by atoms with van der Waals surface area (Å²) in [6.07, 6.45) is 9.37. The summed E-state index contributed by atoms with van der Waals surface area (Å²) in [5.74, 6) is 0.791. The highest BCUT2D eigenvalue weighted by molar-refractivity contribution is 9.09. The zero-order valence-electron chi connectivity index (χ0n) is 11.2. The second-order valence-corrected chi connectivity index (χ2v) is 6.22. The van der Waals surface area contributed by atoms with Crippen molar-refractivity contribution in [3.05, 3.63) is 0 Å². The Balaban J connectivity index is 2.30. The Kier molecular flexibility index (Phi) is 8.50. The van der Waals surface area contributed by atoms with E-state index in [2.05, 4.69) is 27.8 Å². The van der Waals surface area contributed by atoms with Gasteiger partial charge in [0.15, 0.2) is 0 Å². The van der Waals surface area contributed by atoms with Crippen molar-refractivity contribution < 1.29 is 5.11 Å². The first-order valence-corrected chi connectivity index (χ1v) is 8.31. The van der Waals surface area contributed by atoms with E-state index in [1.807, 2.05) is 0 Å². The van der Waals surface area contributed by atoms with Gasteiger partial charge in [-0.1, -0.05) is 42.1 Å². The van der Waals surface area contributed by atoms with E-state index in [1.54, 1.807) is 0 Å². The van der Waals surface area contributed by atoms with E-state index in [9.17, 15) is 5.11 Å². The first-order valence-electron chi connectivity index (χ1n) is 7.18. The van der Waals surface area contributed by atoms with Crippen molar-refractivity contribution in [2.75, 3.05) is 25.0 Å². The molecule has 1 atom stereocenters. The van der Waals surface area contributed by atoms with Crippen molar-refractivity contribution in [2.24, 2.45) is 5.92 Å². The molecule has 102 valence electrons. The van der Waals surface area contributed by atoms with Gasteiger partial charge in [0, 0.05) is 17.9 Å². The summed E-state index contributed by atoms with van der Waals surface area (Å²) in [6, 6.07) is 0.743. The summed E-state index contributed by atoms with van der Waals surface area (Å²) in [4.78, 5) is 2.53. The lowest BCUT2D eigenvalue weighted by Gasteiger charge is -2.34. The average Bonchev–Trinajstić information content (AvgIpc) is 2.36. The third-order valence-corrected chi connectivity index (χ3v) is 4.45. The molecule has 0 radical (unpaired) electrons. The van der Waals surface area contributed by atoms with Crippen LogP contribution in [0.3, 0.4) is 0 Å². The van der Waals surface area contributed by atoms with Crippen LogP contribution in [-0.2, 0) is 0 Å². The van der Waals surface area contributed by atoms with Crippen LogP contribution in [0.4, 0.5) is 0 Å². The van der Waals surface area contributed by atoms with Crippen LogP contribution >= 0.6 is 15.9 Å². The van der Waals surface area contributed by atoms with E-state index in [-0.39, 0.29) is 0 Å². The van der Waals surface area contributed by atoms with Crippen LogP contribution < -0.4 is 0 Å². The Labute approximate surface area is 115 Å². The topological polar surface area (TPSA) is 23.5 Å². The highest BCUT2D eigenvalue weighted by Gasteiger charge is 2.20. The second-order valence-electron chi connectivity index (χ2n) is 5.42. The molecule has 0 aromatic heterocycles. The molecule has 17 heavy (non-hydrogen) atoms. The van der Waals surface area contributed by atoms with Crippen molar-refractivity contribution in [1.29, 1.82) is 0 Å². The highest BCUT2D eigenvalue weighted by atomic mass is 79.9. The number of alkyl halides is 1. The minimum atomic E-state index is 0.309. The summed E-state index contributed by atoms with van der Waals surface area (Å²) in [6.45, 7) is 4.67. The Hall–Kier alpha value is 0.400. The third kappa shape index (κ3) is 6.21. The van der Waals surface area contributed by atoms with Gasteiger partial charge in [-0.15, -0.1) is 0 Å². The minimum absolute atomic E-state index is 0.309. The zero-order chi connectivity index (χ0) is 12.5. The van der Waals surface area contributed by atoms with E-state index in [0.717, 1.165) is 23.8 Å². The van der Waals surface area contributed by atoms with E-state index in [0.29, 0.717) is 6.61 Å². The second kappa shape index (κ2) is 9.35. The molecule has 0 amide bonds. The smallest absolute Gasteiger partial charge is 0.0558 e. The fourth-order valence-electron chi connectivity index (χ4n) is 2.77. The summed E-state index contributed by atoms with van der Waals surface area (Å²) in [5.41, 5.74) is 0. The maximum Gasteiger partial charge on any atom is 0.0558 e. The van der Waals surface area contributed by atoms with Gasteiger partial charge >= 0.3 is 0 Å². The van der Waals surface area contributed by atoms with Crippen LogP contribution in [0.1, 0.15) is 51.9 Å². The van der Waals surface area contributed by atoms with Gasteiger partial charge in [0.1, 0.15) is 0 Å². The molecule has 0 saturated heterocycles. The Bertz CT molecular complexity index is 183. The van der Waals surface area contributed by atoms with Crippen LogP contribution in [0.15, 0.2) is 0 Å². The van der Waals surface area contributed by atoms with Gasteiger partial charge in [0.05, 0.1) is 6.61 Å². The Morgan fingerprint density at radius 3 is 2.47 bits per heavy atom. The number of aliphatic hydroxyl groups is 1. The molecule has 0 heterocycles. The molecule has 0 aromatic rings. The summed E-state index contributed by atoms with van der Waals surface area (Å²) >= 11 is 3.51. The molecule has 1 fully saturated rings. The van der Waals surface area contributed by atoms with E-state index < -0.39 is 0 Å². The van der Waals surface area contributed by atoms with Gasteiger partial charge in [0.2, 0.25) is 0 Å². The lowest BCUT2D eigenvalue weighted by Crippen LogP contribution is -2.39. The number of halogens is 1. The molecular weight excluding hydrogens is 278 g/mol. The number of rotatable bonds is 8. The van der Waals surface area contributed by atoms with Crippen LogP contribution in [0, 0.1) is 5.92 Å². The molecule has 0 aromatic carbocycles. The molecule has 1 rings (SSSR count).